The smallest absolute Gasteiger partial charge is 0.544 e. The minimum absolute atomic E-state index is 0. The van der Waals surface area contributed by atoms with E-state index in [0.29, 0.717) is 0 Å². The molecule has 0 aromatic carbocycles. The summed E-state index contributed by atoms with van der Waals surface area (Å²) in [5, 5.41) is 125. The number of hydrogen-bond donors (Lipinski definition) is 3. The molecule has 0 unspecified atom stereocenters. The quantitative estimate of drug-likeness (QED) is 0.0459. The average molecular weight is 1060 g/mol. The van der Waals surface area contributed by atoms with E-state index < -0.39 is 164 Å². The van der Waals surface area contributed by atoms with Gasteiger partial charge in [-0.3, -0.25) is 0 Å². The van der Waals surface area contributed by atoms with E-state index >= 15 is 0 Å². The van der Waals surface area contributed by atoms with Crippen LogP contribution in [0.4, 0.5) is 0 Å². The molecule has 0 bridgehead atoms. The molecular weight excluding hydrogens is 1030 g/mol. The summed E-state index contributed by atoms with van der Waals surface area (Å²) in [5.74, 6) is -21.6. The summed E-state index contributed by atoms with van der Waals surface area (Å²) in [4.78, 5) is 125. The zero-order valence-electron chi connectivity index (χ0n) is 31.9. The van der Waals surface area contributed by atoms with Crippen molar-refractivity contribution in [1.82, 2.24) is 18.5 Å². The van der Waals surface area contributed by atoms with Crippen molar-refractivity contribution < 1.29 is 230 Å². The van der Waals surface area contributed by atoms with Crippen molar-refractivity contribution in [3.63, 3.8) is 0 Å². The Hall–Kier alpha value is -3.52. The van der Waals surface area contributed by atoms with Gasteiger partial charge in [-0.2, -0.15) is 6.92 Å². The van der Waals surface area contributed by atoms with Gasteiger partial charge in [-0.15, -0.1) is 0 Å². The molecule has 358 valence electrons. The van der Waals surface area contributed by atoms with Crippen LogP contribution in [0.25, 0.3) is 0 Å². The SMILES string of the molecule is N.N.N.O=C([O-])C[N+](CC(=O)[O-])(CC(=O)[O-])CC(=O)[O-].O=C([O-])C[N+](CC(=O)[O-])(CC(=O)[O-])CC(=O)[O-].O=C([O-])C[N+](CC(=O)[O-])(CC(=O)[O-])CC(=O)[O-].[CH2-]C.[Fe].[Fe].[Fe].[Fe].[Na+]. The van der Waals surface area contributed by atoms with Gasteiger partial charge in [0.05, 0.1) is 71.6 Å². The molecule has 0 aliphatic heterocycles. The number of quaternary nitrogens is 3. The molecule has 0 aliphatic rings. The minimum atomic E-state index is -1.80. The fourth-order valence-electron chi connectivity index (χ4n) is 4.29. The van der Waals surface area contributed by atoms with E-state index in [4.69, 9.17) is 0 Å². The van der Waals surface area contributed by atoms with Crippen molar-refractivity contribution in [3.8, 4) is 0 Å². The second kappa shape index (κ2) is 44.5. The summed E-state index contributed by atoms with van der Waals surface area (Å²) >= 11 is 0. The van der Waals surface area contributed by atoms with Crippen LogP contribution in [-0.2, 0) is 126 Å². The molecule has 0 fully saturated rings. The van der Waals surface area contributed by atoms with Crippen LogP contribution >= 0.6 is 0 Å². The number of rotatable bonds is 24. The molecule has 0 saturated carbocycles. The summed E-state index contributed by atoms with van der Waals surface area (Å²) in [6, 6.07) is 0. The Labute approximate surface area is 409 Å². The third-order valence-electron chi connectivity index (χ3n) is 5.57. The Morgan fingerprint density at radius 2 is 0.311 bits per heavy atom. The number of aliphatic carboxylic acids is 12. The van der Waals surface area contributed by atoms with Crippen LogP contribution in [0.1, 0.15) is 6.92 Å². The molecule has 0 heterocycles. The van der Waals surface area contributed by atoms with Crippen LogP contribution in [-0.4, -0.2) is 164 Å². The van der Waals surface area contributed by atoms with Crippen molar-refractivity contribution in [2.45, 2.75) is 6.92 Å². The Kier molecular flexibility index (Phi) is 64.7. The fraction of sp³-hybridized carbons (Fsp3) is 0.500. The van der Waals surface area contributed by atoms with E-state index in [0.717, 1.165) is 0 Å². The van der Waals surface area contributed by atoms with E-state index in [1.165, 1.54) is 0 Å². The molecule has 0 rings (SSSR count). The first-order valence-electron chi connectivity index (χ1n) is 13.6. The Bertz CT molecular complexity index is 1040. The molecule has 0 aromatic heterocycles. The Morgan fingerprint density at radius 3 is 0.344 bits per heavy atom. The number of nitrogens with zero attached hydrogens (tertiary/aromatic N) is 3. The topological polar surface area (TPSA) is 587 Å². The molecular formula is C26H38Fe4N6NaO24-9. The van der Waals surface area contributed by atoms with Crippen LogP contribution in [0, 0.1) is 6.92 Å². The van der Waals surface area contributed by atoms with E-state index in [1.54, 1.807) is 6.92 Å². The van der Waals surface area contributed by atoms with Gasteiger partial charge < -0.3 is 158 Å². The number of hydrogen-bond acceptors (Lipinski definition) is 27. The van der Waals surface area contributed by atoms with E-state index in [-0.39, 0.29) is 116 Å². The van der Waals surface area contributed by atoms with Crippen LogP contribution in [0.15, 0.2) is 0 Å². The number of carboxylic acids is 12. The maximum absolute atomic E-state index is 10.4. The van der Waals surface area contributed by atoms with Crippen molar-refractivity contribution in [2.24, 2.45) is 0 Å². The second-order valence-electron chi connectivity index (χ2n) is 10.4. The summed E-state index contributed by atoms with van der Waals surface area (Å²) in [6.45, 7) is -8.38. The summed E-state index contributed by atoms with van der Waals surface area (Å²) in [6.07, 6.45) is 0. The normalized spacial score (nSPS) is 9.15. The largest absolute Gasteiger partial charge is 1.00 e. The van der Waals surface area contributed by atoms with Gasteiger partial charge in [0.15, 0.2) is 0 Å². The maximum atomic E-state index is 10.4. The Balaban J connectivity index is -0.0000000543. The van der Waals surface area contributed by atoms with Crippen LogP contribution in [0.3, 0.4) is 0 Å². The fourth-order valence-corrected chi connectivity index (χ4v) is 4.29. The molecule has 0 spiro atoms. The number of carbonyl (C=O) groups is 12. The number of carbonyl (C=O) groups excluding carboxylic acids is 12. The average Bonchev–Trinajstić information content (AvgIpc) is 2.84. The van der Waals surface area contributed by atoms with E-state index in [2.05, 4.69) is 6.92 Å². The third kappa shape index (κ3) is 52.5. The first kappa shape index (κ1) is 88.6. The van der Waals surface area contributed by atoms with Gasteiger partial charge >= 0.3 is 29.6 Å². The van der Waals surface area contributed by atoms with Crippen molar-refractivity contribution in [3.05, 3.63) is 6.92 Å². The van der Waals surface area contributed by atoms with Crippen LogP contribution < -0.4 is 109 Å². The van der Waals surface area contributed by atoms with Gasteiger partial charge in [0.1, 0.15) is 78.5 Å². The molecule has 35 heteroatoms. The molecule has 0 aliphatic carbocycles. The molecule has 0 radical (unpaired) electrons. The molecule has 0 atom stereocenters. The monoisotopic (exact) mass is 1060 g/mol. The van der Waals surface area contributed by atoms with E-state index in [9.17, 15) is 119 Å². The van der Waals surface area contributed by atoms with Gasteiger partial charge in [0.2, 0.25) is 0 Å². The third-order valence-corrected chi connectivity index (χ3v) is 5.57. The van der Waals surface area contributed by atoms with Crippen molar-refractivity contribution in [2.75, 3.05) is 78.5 Å². The molecule has 61 heavy (non-hydrogen) atoms. The zero-order valence-corrected chi connectivity index (χ0v) is 38.3. The van der Waals surface area contributed by atoms with Gasteiger partial charge in [-0.05, 0) is 0 Å². The van der Waals surface area contributed by atoms with Gasteiger partial charge in [-0.1, -0.05) is 0 Å². The molecule has 0 saturated heterocycles. The standard InChI is InChI=1S/3C8H11NO8.C2H5.4Fe.3H3N.Na/c3*10-5(11)1-9(2-6(12)13,3-7(14)15)4-8(16)17;1-2;;;;;;;;/h3*1-4H2,(H3-,10,11,12,13,14,15,16,17);1H2,2H3;;;;;3*1H3;/q;;;-1;;;;;;;;+1/p-9. The summed E-state index contributed by atoms with van der Waals surface area (Å²) in [5.41, 5.74) is 0. The predicted molar refractivity (Wildman–Crippen MR) is 145 cm³/mol. The zero-order chi connectivity index (χ0) is 42.9. The van der Waals surface area contributed by atoms with Crippen molar-refractivity contribution in [1.29, 1.82) is 0 Å². The first-order chi connectivity index (χ1) is 24.0. The number of carboxylic acid groups (broad SMARTS) is 12. The molecule has 30 nitrogen and oxygen atoms in total. The van der Waals surface area contributed by atoms with E-state index in [1.807, 2.05) is 0 Å². The van der Waals surface area contributed by atoms with Crippen LogP contribution in [0.2, 0.25) is 0 Å². The van der Waals surface area contributed by atoms with Gasteiger partial charge in [-0.25, -0.2) is 0 Å². The van der Waals surface area contributed by atoms with Crippen molar-refractivity contribution >= 4 is 71.6 Å². The van der Waals surface area contributed by atoms with Gasteiger partial charge in [0.25, 0.3) is 0 Å². The molecule has 9 N–H and O–H groups in total. The molecule has 0 aromatic rings. The van der Waals surface area contributed by atoms with Gasteiger partial charge in [0, 0.05) is 68.3 Å². The maximum Gasteiger partial charge on any atom is 1.00 e. The first-order valence-corrected chi connectivity index (χ1v) is 13.6. The Morgan fingerprint density at radius 1 is 0.262 bits per heavy atom. The minimum Gasteiger partial charge on any atom is -0.544 e. The van der Waals surface area contributed by atoms with Crippen LogP contribution in [0.5, 0.6) is 0 Å². The molecule has 0 amide bonds. The summed E-state index contributed by atoms with van der Waals surface area (Å²) < 4.78 is -3.97. The predicted octanol–water partition coefficient (Wildman–Crippen LogP) is -23.3. The summed E-state index contributed by atoms with van der Waals surface area (Å²) in [7, 11) is 0. The second-order valence-corrected chi connectivity index (χ2v) is 10.4.